The van der Waals surface area contributed by atoms with Gasteiger partial charge in [0.05, 0.1) is 8.79 Å². The molecule has 0 aliphatic rings. The summed E-state index contributed by atoms with van der Waals surface area (Å²) >= 11 is 4.80. The van der Waals surface area contributed by atoms with E-state index in [4.69, 9.17) is 5.73 Å². The molecule has 0 aromatic carbocycles. The molecule has 1 aromatic rings. The molecule has 13 heavy (non-hydrogen) atoms. The van der Waals surface area contributed by atoms with E-state index in [1.54, 1.807) is 0 Å². The minimum absolute atomic E-state index is 0.0376. The minimum atomic E-state index is -0.0941. The van der Waals surface area contributed by atoms with Gasteiger partial charge in [0, 0.05) is 12.5 Å². The topological polar surface area (TPSA) is 55.1 Å². The van der Waals surface area contributed by atoms with Crippen LogP contribution in [-0.4, -0.2) is 11.9 Å². The second kappa shape index (κ2) is 4.74. The Hall–Kier alpha value is -0.390. The number of hydrogen-bond acceptors (Lipinski definition) is 3. The van der Waals surface area contributed by atoms with Crippen molar-refractivity contribution in [3.05, 3.63) is 15.9 Å². The van der Waals surface area contributed by atoms with Gasteiger partial charge in [0.15, 0.2) is 0 Å². The fraction of sp³-hybridized carbons (Fsp3) is 0.375. The number of nitrogens with one attached hydrogen (secondary N) is 1. The van der Waals surface area contributed by atoms with Gasteiger partial charge < -0.3 is 11.1 Å². The number of anilines is 1. The molecule has 72 valence electrons. The van der Waals surface area contributed by atoms with E-state index in [1.165, 1.54) is 11.3 Å². The zero-order valence-electron chi connectivity index (χ0n) is 7.21. The molecule has 0 aliphatic heterocycles. The summed E-state index contributed by atoms with van der Waals surface area (Å²) in [5, 5.41) is 3.61. The summed E-state index contributed by atoms with van der Waals surface area (Å²) in [6.45, 7) is 1.81. The average molecular weight is 263 g/mol. The summed E-state index contributed by atoms with van der Waals surface area (Å²) in [5.74, 6) is -0.0376. The number of amides is 1. The van der Waals surface area contributed by atoms with Gasteiger partial charge in [0.1, 0.15) is 0 Å². The second-order valence-electron chi connectivity index (χ2n) is 2.83. The Morgan fingerprint density at radius 3 is 2.92 bits per heavy atom. The fourth-order valence-corrected chi connectivity index (χ4v) is 2.16. The second-order valence-corrected chi connectivity index (χ2v) is 5.30. The van der Waals surface area contributed by atoms with Crippen LogP contribution in [0, 0.1) is 0 Å². The van der Waals surface area contributed by atoms with Crippen LogP contribution in [0.25, 0.3) is 0 Å². The predicted molar refractivity (Wildman–Crippen MR) is 58.9 cm³/mol. The Morgan fingerprint density at radius 1 is 1.77 bits per heavy atom. The first-order chi connectivity index (χ1) is 6.08. The van der Waals surface area contributed by atoms with Gasteiger partial charge in [-0.05, 0) is 35.0 Å². The van der Waals surface area contributed by atoms with Crippen molar-refractivity contribution in [1.29, 1.82) is 0 Å². The van der Waals surface area contributed by atoms with Crippen molar-refractivity contribution < 1.29 is 4.79 Å². The Bertz CT molecular complexity index is 298. The molecule has 1 atom stereocenters. The third kappa shape index (κ3) is 3.89. The first kappa shape index (κ1) is 10.7. The van der Waals surface area contributed by atoms with E-state index in [2.05, 4.69) is 21.2 Å². The number of carbonyl (C=O) groups excluding carboxylic acids is 1. The minimum Gasteiger partial charge on any atom is -0.327 e. The summed E-state index contributed by atoms with van der Waals surface area (Å²) in [6.07, 6.45) is 0.357. The molecule has 0 radical (unpaired) electrons. The van der Waals surface area contributed by atoms with Gasteiger partial charge in [-0.15, -0.1) is 11.3 Å². The van der Waals surface area contributed by atoms with Crippen LogP contribution in [0.5, 0.6) is 0 Å². The Kier molecular flexibility index (Phi) is 3.90. The van der Waals surface area contributed by atoms with Crippen LogP contribution in [0.3, 0.4) is 0 Å². The van der Waals surface area contributed by atoms with Crippen molar-refractivity contribution in [2.24, 2.45) is 5.73 Å². The van der Waals surface area contributed by atoms with Crippen molar-refractivity contribution >= 4 is 38.2 Å². The van der Waals surface area contributed by atoms with E-state index >= 15 is 0 Å². The maximum absolute atomic E-state index is 11.2. The molecular formula is C8H11BrN2OS. The third-order valence-corrected chi connectivity index (χ3v) is 2.88. The summed E-state index contributed by atoms with van der Waals surface area (Å²) in [4.78, 5) is 11.2. The van der Waals surface area contributed by atoms with E-state index in [1.807, 2.05) is 19.1 Å². The standard InChI is InChI=1S/C8H11BrN2OS/c1-5(10)4-7(12)11-8-3-2-6(9)13-8/h2-3,5H,4,10H2,1H3,(H,11,12). The Morgan fingerprint density at radius 2 is 2.46 bits per heavy atom. The van der Waals surface area contributed by atoms with Crippen LogP contribution >= 0.6 is 27.3 Å². The smallest absolute Gasteiger partial charge is 0.226 e. The van der Waals surface area contributed by atoms with Gasteiger partial charge in [0.25, 0.3) is 0 Å². The van der Waals surface area contributed by atoms with Gasteiger partial charge in [-0.2, -0.15) is 0 Å². The molecule has 1 heterocycles. The molecule has 0 saturated carbocycles. The number of carbonyl (C=O) groups is 1. The number of hydrogen-bond donors (Lipinski definition) is 2. The molecule has 1 amide bonds. The summed E-state index contributed by atoms with van der Waals surface area (Å²) in [5.41, 5.74) is 5.49. The predicted octanol–water partition coefficient (Wildman–Crippen LogP) is 2.19. The van der Waals surface area contributed by atoms with Gasteiger partial charge in [-0.1, -0.05) is 0 Å². The maximum atomic E-state index is 11.2. The van der Waals surface area contributed by atoms with Crippen molar-refractivity contribution in [1.82, 2.24) is 0 Å². The lowest BCUT2D eigenvalue weighted by Gasteiger charge is -2.04. The molecule has 3 N–H and O–H groups in total. The van der Waals surface area contributed by atoms with Crippen LogP contribution in [0.1, 0.15) is 13.3 Å². The zero-order chi connectivity index (χ0) is 9.84. The van der Waals surface area contributed by atoms with Crippen molar-refractivity contribution in [2.45, 2.75) is 19.4 Å². The van der Waals surface area contributed by atoms with Crippen molar-refractivity contribution in [2.75, 3.05) is 5.32 Å². The molecule has 0 aliphatic carbocycles. The van der Waals surface area contributed by atoms with Gasteiger partial charge >= 0.3 is 0 Å². The first-order valence-corrected chi connectivity index (χ1v) is 5.49. The Labute approximate surface area is 89.5 Å². The highest BCUT2D eigenvalue weighted by molar-refractivity contribution is 9.11. The SMILES string of the molecule is CC(N)CC(=O)Nc1ccc(Br)s1. The lowest BCUT2D eigenvalue weighted by atomic mass is 10.2. The van der Waals surface area contributed by atoms with Crippen LogP contribution in [0.4, 0.5) is 5.00 Å². The molecule has 3 nitrogen and oxygen atoms in total. The lowest BCUT2D eigenvalue weighted by molar-refractivity contribution is -0.116. The van der Waals surface area contributed by atoms with Crippen LogP contribution < -0.4 is 11.1 Å². The monoisotopic (exact) mass is 262 g/mol. The van der Waals surface area contributed by atoms with E-state index < -0.39 is 0 Å². The molecule has 0 saturated heterocycles. The van der Waals surface area contributed by atoms with Crippen molar-refractivity contribution in [3.63, 3.8) is 0 Å². The fourth-order valence-electron chi connectivity index (χ4n) is 0.862. The number of nitrogens with two attached hydrogens (primary N) is 1. The summed E-state index contributed by atoms with van der Waals surface area (Å²) < 4.78 is 1.00. The summed E-state index contributed by atoms with van der Waals surface area (Å²) in [6, 6.07) is 3.66. The molecule has 1 unspecified atom stereocenters. The molecule has 0 bridgehead atoms. The van der Waals surface area contributed by atoms with Crippen LogP contribution in [-0.2, 0) is 4.79 Å². The summed E-state index contributed by atoms with van der Waals surface area (Å²) in [7, 11) is 0. The molecule has 0 spiro atoms. The lowest BCUT2D eigenvalue weighted by Crippen LogP contribution is -2.23. The van der Waals surface area contributed by atoms with E-state index in [-0.39, 0.29) is 11.9 Å². The van der Waals surface area contributed by atoms with E-state index in [9.17, 15) is 4.79 Å². The average Bonchev–Trinajstić information content (AvgIpc) is 2.33. The quantitative estimate of drug-likeness (QED) is 0.878. The molecule has 0 fully saturated rings. The Balaban J connectivity index is 2.45. The molecular weight excluding hydrogens is 252 g/mol. The number of rotatable bonds is 3. The van der Waals surface area contributed by atoms with Crippen LogP contribution in [0.2, 0.25) is 0 Å². The largest absolute Gasteiger partial charge is 0.327 e. The van der Waals surface area contributed by atoms with E-state index in [0.717, 1.165) is 8.79 Å². The van der Waals surface area contributed by atoms with Crippen molar-refractivity contribution in [3.8, 4) is 0 Å². The molecule has 1 rings (SSSR count). The zero-order valence-corrected chi connectivity index (χ0v) is 9.61. The van der Waals surface area contributed by atoms with Gasteiger partial charge in [-0.25, -0.2) is 0 Å². The highest BCUT2D eigenvalue weighted by atomic mass is 79.9. The molecule has 5 heteroatoms. The normalized spacial score (nSPS) is 12.5. The van der Waals surface area contributed by atoms with E-state index in [0.29, 0.717) is 6.42 Å². The third-order valence-electron chi connectivity index (χ3n) is 1.34. The van der Waals surface area contributed by atoms with Gasteiger partial charge in [0.2, 0.25) is 5.91 Å². The highest BCUT2D eigenvalue weighted by Crippen LogP contribution is 2.26. The number of thiophene rings is 1. The highest BCUT2D eigenvalue weighted by Gasteiger charge is 2.06. The first-order valence-electron chi connectivity index (χ1n) is 3.88. The van der Waals surface area contributed by atoms with Crippen LogP contribution in [0.15, 0.2) is 15.9 Å². The van der Waals surface area contributed by atoms with Gasteiger partial charge in [-0.3, -0.25) is 4.79 Å². The number of halogens is 1. The maximum Gasteiger partial charge on any atom is 0.226 e. The molecule has 1 aromatic heterocycles.